The Bertz CT molecular complexity index is 649. The summed E-state index contributed by atoms with van der Waals surface area (Å²) in [5.41, 5.74) is 1.21. The molecule has 2 saturated heterocycles. The van der Waals surface area contributed by atoms with Crippen molar-refractivity contribution in [1.29, 1.82) is 0 Å². The fraction of sp³-hybridized carbons (Fsp3) is 0.696. The van der Waals surface area contributed by atoms with Gasteiger partial charge in [-0.05, 0) is 50.2 Å². The van der Waals surface area contributed by atoms with Gasteiger partial charge in [-0.3, -0.25) is 4.99 Å². The number of ether oxygens (including phenoxy) is 3. The molecule has 0 aliphatic carbocycles. The summed E-state index contributed by atoms with van der Waals surface area (Å²) in [4.78, 5) is 6.82. The van der Waals surface area contributed by atoms with E-state index in [4.69, 9.17) is 14.2 Å². The van der Waals surface area contributed by atoms with Crippen molar-refractivity contribution in [3.05, 3.63) is 24.3 Å². The minimum atomic E-state index is 0.376. The molecule has 0 saturated carbocycles. The van der Waals surface area contributed by atoms with Crippen molar-refractivity contribution >= 4 is 11.6 Å². The second-order valence-electron chi connectivity index (χ2n) is 8.11. The van der Waals surface area contributed by atoms with Crippen LogP contribution in [0.25, 0.3) is 0 Å². The number of benzene rings is 1. The van der Waals surface area contributed by atoms with E-state index in [1.807, 2.05) is 13.1 Å². The lowest BCUT2D eigenvalue weighted by molar-refractivity contribution is 0.0203. The highest BCUT2D eigenvalue weighted by Crippen LogP contribution is 2.24. The Labute approximate surface area is 181 Å². The Balaban J connectivity index is 1.34. The molecule has 3 rings (SSSR count). The Morgan fingerprint density at radius 2 is 2.13 bits per heavy atom. The molecule has 2 heterocycles. The van der Waals surface area contributed by atoms with Crippen LogP contribution in [-0.2, 0) is 9.47 Å². The molecule has 168 valence electrons. The molecule has 2 aliphatic heterocycles. The maximum absolute atomic E-state index is 5.85. The number of nitrogens with zero attached hydrogens (tertiary/aromatic N) is 2. The number of aliphatic imine (C=N–C) groups is 1. The van der Waals surface area contributed by atoms with Gasteiger partial charge in [-0.25, -0.2) is 0 Å². The first kappa shape index (κ1) is 22.7. The molecule has 0 radical (unpaired) electrons. The third kappa shape index (κ3) is 7.36. The molecule has 7 nitrogen and oxygen atoms in total. The van der Waals surface area contributed by atoms with Crippen molar-refractivity contribution in [3.63, 3.8) is 0 Å². The van der Waals surface area contributed by atoms with E-state index in [9.17, 15) is 0 Å². The van der Waals surface area contributed by atoms with Crippen molar-refractivity contribution in [2.75, 3.05) is 65.1 Å². The molecule has 1 atom stereocenters. The second-order valence-corrected chi connectivity index (χ2v) is 8.11. The van der Waals surface area contributed by atoms with Crippen LogP contribution in [0.15, 0.2) is 29.3 Å². The minimum absolute atomic E-state index is 0.376. The lowest BCUT2D eigenvalue weighted by atomic mass is 10.0. The molecule has 2 fully saturated rings. The maximum atomic E-state index is 5.85. The topological polar surface area (TPSA) is 67.4 Å². The van der Waals surface area contributed by atoms with Gasteiger partial charge in [0, 0.05) is 70.9 Å². The second kappa shape index (κ2) is 12.6. The van der Waals surface area contributed by atoms with Gasteiger partial charge < -0.3 is 29.7 Å². The third-order valence-corrected chi connectivity index (χ3v) is 5.86. The number of methoxy groups -OCH3 is 1. The summed E-state index contributed by atoms with van der Waals surface area (Å²) < 4.78 is 16.6. The Morgan fingerprint density at radius 1 is 1.27 bits per heavy atom. The smallest absolute Gasteiger partial charge is 0.191 e. The fourth-order valence-corrected chi connectivity index (χ4v) is 4.07. The SMILES string of the molecule is CN=C(NCCCOCC1CCOCC1)NC1CCCN(c2cccc(OC)c2)C1. The molecule has 2 N–H and O–H groups in total. The van der Waals surface area contributed by atoms with E-state index in [1.165, 1.54) is 5.69 Å². The summed E-state index contributed by atoms with van der Waals surface area (Å²) in [6.07, 6.45) is 5.54. The summed E-state index contributed by atoms with van der Waals surface area (Å²) in [7, 11) is 3.55. The van der Waals surface area contributed by atoms with E-state index in [0.717, 1.165) is 89.9 Å². The molecule has 0 aromatic heterocycles. The zero-order valence-electron chi connectivity index (χ0n) is 18.6. The number of guanidine groups is 1. The predicted molar refractivity (Wildman–Crippen MR) is 122 cm³/mol. The van der Waals surface area contributed by atoms with Crippen molar-refractivity contribution in [3.8, 4) is 5.75 Å². The molecule has 1 aromatic rings. The largest absolute Gasteiger partial charge is 0.497 e. The number of hydrogen-bond acceptors (Lipinski definition) is 5. The van der Waals surface area contributed by atoms with Gasteiger partial charge in [0.25, 0.3) is 0 Å². The summed E-state index contributed by atoms with van der Waals surface area (Å²) >= 11 is 0. The first-order valence-electron chi connectivity index (χ1n) is 11.3. The standard InChI is InChI=1S/C23H38N4O3/c1-24-23(25-11-5-13-30-18-19-9-14-29-15-10-19)26-20-6-4-12-27(17-20)21-7-3-8-22(16-21)28-2/h3,7-8,16,19-20H,4-6,9-15,17-18H2,1-2H3,(H2,24,25,26). The van der Waals surface area contributed by atoms with Gasteiger partial charge >= 0.3 is 0 Å². The summed E-state index contributed by atoms with van der Waals surface area (Å²) in [5.74, 6) is 2.44. The minimum Gasteiger partial charge on any atom is -0.497 e. The molecular weight excluding hydrogens is 380 g/mol. The lowest BCUT2D eigenvalue weighted by Gasteiger charge is -2.35. The molecular formula is C23H38N4O3. The van der Waals surface area contributed by atoms with Crippen molar-refractivity contribution in [1.82, 2.24) is 10.6 Å². The van der Waals surface area contributed by atoms with E-state index in [1.54, 1.807) is 7.11 Å². The van der Waals surface area contributed by atoms with Crippen molar-refractivity contribution < 1.29 is 14.2 Å². The van der Waals surface area contributed by atoms with E-state index in [-0.39, 0.29) is 0 Å². The number of anilines is 1. The van der Waals surface area contributed by atoms with Crippen LogP contribution >= 0.6 is 0 Å². The molecule has 0 spiro atoms. The van der Waals surface area contributed by atoms with Crippen LogP contribution in [0.2, 0.25) is 0 Å². The number of hydrogen-bond donors (Lipinski definition) is 2. The van der Waals surface area contributed by atoms with Crippen LogP contribution in [0.5, 0.6) is 5.75 Å². The zero-order chi connectivity index (χ0) is 21.0. The normalized spacial score (nSPS) is 20.8. The average Bonchev–Trinajstić information content (AvgIpc) is 2.81. The molecule has 2 aliphatic rings. The van der Waals surface area contributed by atoms with Crippen molar-refractivity contribution in [2.45, 2.75) is 38.1 Å². The quantitative estimate of drug-likeness (QED) is 0.365. The monoisotopic (exact) mass is 418 g/mol. The highest BCUT2D eigenvalue weighted by atomic mass is 16.5. The highest BCUT2D eigenvalue weighted by Gasteiger charge is 2.21. The summed E-state index contributed by atoms with van der Waals surface area (Å²) in [6.45, 7) is 6.30. The van der Waals surface area contributed by atoms with E-state index < -0.39 is 0 Å². The van der Waals surface area contributed by atoms with E-state index in [2.05, 4.69) is 38.7 Å². The first-order chi connectivity index (χ1) is 14.8. The van der Waals surface area contributed by atoms with Gasteiger partial charge in [0.2, 0.25) is 0 Å². The third-order valence-electron chi connectivity index (χ3n) is 5.86. The summed E-state index contributed by atoms with van der Waals surface area (Å²) in [5, 5.41) is 7.02. The molecule has 1 unspecified atom stereocenters. The van der Waals surface area contributed by atoms with Crippen LogP contribution in [-0.4, -0.2) is 72.2 Å². The lowest BCUT2D eigenvalue weighted by Crippen LogP contribution is -2.51. The van der Waals surface area contributed by atoms with Gasteiger partial charge in [-0.2, -0.15) is 0 Å². The molecule has 30 heavy (non-hydrogen) atoms. The van der Waals surface area contributed by atoms with Gasteiger partial charge in [-0.1, -0.05) is 6.07 Å². The zero-order valence-corrected chi connectivity index (χ0v) is 18.6. The fourth-order valence-electron chi connectivity index (χ4n) is 4.07. The van der Waals surface area contributed by atoms with E-state index in [0.29, 0.717) is 12.0 Å². The van der Waals surface area contributed by atoms with Crippen LogP contribution in [0.4, 0.5) is 5.69 Å². The maximum Gasteiger partial charge on any atom is 0.191 e. The van der Waals surface area contributed by atoms with Gasteiger partial charge in [0.1, 0.15) is 5.75 Å². The van der Waals surface area contributed by atoms with Crippen LogP contribution < -0.4 is 20.3 Å². The first-order valence-corrected chi connectivity index (χ1v) is 11.3. The predicted octanol–water partition coefficient (Wildman–Crippen LogP) is 2.66. The Morgan fingerprint density at radius 3 is 2.93 bits per heavy atom. The van der Waals surface area contributed by atoms with E-state index >= 15 is 0 Å². The molecule has 1 aromatic carbocycles. The number of rotatable bonds is 9. The van der Waals surface area contributed by atoms with Crippen LogP contribution in [0.1, 0.15) is 32.1 Å². The van der Waals surface area contributed by atoms with Gasteiger partial charge in [0.05, 0.1) is 7.11 Å². The summed E-state index contributed by atoms with van der Waals surface area (Å²) in [6, 6.07) is 8.67. The van der Waals surface area contributed by atoms with Gasteiger partial charge in [0.15, 0.2) is 5.96 Å². The average molecular weight is 419 g/mol. The van der Waals surface area contributed by atoms with Crippen LogP contribution in [0.3, 0.4) is 0 Å². The highest BCUT2D eigenvalue weighted by molar-refractivity contribution is 5.80. The number of nitrogens with one attached hydrogen (secondary N) is 2. The Hall–Kier alpha value is -1.99. The van der Waals surface area contributed by atoms with Crippen LogP contribution in [0, 0.1) is 5.92 Å². The van der Waals surface area contributed by atoms with Crippen molar-refractivity contribution in [2.24, 2.45) is 10.9 Å². The molecule has 7 heteroatoms. The van der Waals surface area contributed by atoms with Gasteiger partial charge in [-0.15, -0.1) is 0 Å². The Kier molecular flexibility index (Phi) is 9.57. The molecule has 0 bridgehead atoms. The molecule has 0 amide bonds. The number of piperidine rings is 1.